The molecule has 2 heterocycles. The number of alkyl halides is 2. The lowest BCUT2D eigenvalue weighted by atomic mass is 10.0. The Bertz CT molecular complexity index is 584. The van der Waals surface area contributed by atoms with Crippen LogP contribution in [-0.2, 0) is 4.74 Å². The highest BCUT2D eigenvalue weighted by Gasteiger charge is 2.32. The smallest absolute Gasteiger partial charge is 0.330 e. The number of nitrogens with one attached hydrogen (secondary N) is 1. The Kier molecular flexibility index (Phi) is 5.25. The van der Waals surface area contributed by atoms with Crippen LogP contribution in [0.3, 0.4) is 0 Å². The lowest BCUT2D eigenvalue weighted by Gasteiger charge is -2.16. The maximum Gasteiger partial charge on any atom is 0.330 e. The summed E-state index contributed by atoms with van der Waals surface area (Å²) in [5.41, 5.74) is -0.245. The summed E-state index contributed by atoms with van der Waals surface area (Å²) in [5, 5.41) is 0.591. The molecule has 20 heavy (non-hydrogen) atoms. The summed E-state index contributed by atoms with van der Waals surface area (Å²) >= 11 is 6.74. The minimum absolute atomic E-state index is 0.140. The first-order chi connectivity index (χ1) is 9.47. The molecule has 4 unspecified atom stereocenters. The van der Waals surface area contributed by atoms with E-state index in [9.17, 15) is 9.59 Å². The highest BCUT2D eigenvalue weighted by atomic mass is 79.9. The maximum atomic E-state index is 12.0. The second kappa shape index (κ2) is 6.58. The summed E-state index contributed by atoms with van der Waals surface area (Å²) in [4.78, 5) is 26.1. The van der Waals surface area contributed by atoms with Crippen LogP contribution in [0.5, 0.6) is 0 Å². The van der Waals surface area contributed by atoms with Gasteiger partial charge in [0, 0.05) is 17.1 Å². The van der Waals surface area contributed by atoms with E-state index in [0.717, 1.165) is 12.8 Å². The lowest BCUT2D eigenvalue weighted by Crippen LogP contribution is -2.34. The van der Waals surface area contributed by atoms with Gasteiger partial charge < -0.3 is 4.74 Å². The van der Waals surface area contributed by atoms with E-state index < -0.39 is 5.69 Å². The molecule has 0 bridgehead atoms. The highest BCUT2D eigenvalue weighted by Crippen LogP contribution is 2.34. The van der Waals surface area contributed by atoms with Crippen LogP contribution < -0.4 is 11.2 Å². The molecule has 0 saturated carbocycles. The molecule has 1 aliphatic rings. The molecule has 7 heteroatoms. The van der Waals surface area contributed by atoms with Gasteiger partial charge >= 0.3 is 5.69 Å². The van der Waals surface area contributed by atoms with Crippen molar-refractivity contribution in [1.82, 2.24) is 9.55 Å². The van der Waals surface area contributed by atoms with Crippen LogP contribution in [0.4, 0.5) is 0 Å². The zero-order chi connectivity index (χ0) is 14.9. The topological polar surface area (TPSA) is 64.1 Å². The third-order valence-corrected chi connectivity index (χ3v) is 6.05. The van der Waals surface area contributed by atoms with Gasteiger partial charge in [0.05, 0.1) is 10.9 Å². The van der Waals surface area contributed by atoms with Crippen LogP contribution in [0.25, 0.3) is 0 Å². The van der Waals surface area contributed by atoms with E-state index in [1.54, 1.807) is 6.20 Å². The second-order valence-corrected chi connectivity index (χ2v) is 6.88. The van der Waals surface area contributed by atoms with Crippen molar-refractivity contribution in [3.05, 3.63) is 32.6 Å². The van der Waals surface area contributed by atoms with Crippen molar-refractivity contribution in [1.29, 1.82) is 0 Å². The van der Waals surface area contributed by atoms with Crippen LogP contribution in [-0.4, -0.2) is 21.0 Å². The third-order valence-electron chi connectivity index (χ3n) is 3.72. The number of hydrogen-bond donors (Lipinski definition) is 1. The van der Waals surface area contributed by atoms with Gasteiger partial charge in [-0.1, -0.05) is 45.7 Å². The van der Waals surface area contributed by atoms with Crippen LogP contribution in [0.1, 0.15) is 43.3 Å². The SMILES string of the molecule is CCC1OC(n2cc(C(Br)CBr)c(=O)[nH]c2=O)CC1C. The molecular formula is C13H18Br2N2O3. The number of ether oxygens (including phenoxy) is 1. The molecule has 1 aromatic heterocycles. The van der Waals surface area contributed by atoms with E-state index in [1.807, 2.05) is 0 Å². The van der Waals surface area contributed by atoms with Crippen molar-refractivity contribution >= 4 is 31.9 Å². The van der Waals surface area contributed by atoms with E-state index in [1.165, 1.54) is 4.57 Å². The largest absolute Gasteiger partial charge is 0.354 e. The first kappa shape index (κ1) is 16.0. The summed E-state index contributed by atoms with van der Waals surface area (Å²) in [7, 11) is 0. The van der Waals surface area contributed by atoms with E-state index >= 15 is 0 Å². The van der Waals surface area contributed by atoms with E-state index in [2.05, 4.69) is 50.7 Å². The molecule has 0 amide bonds. The van der Waals surface area contributed by atoms with Crippen molar-refractivity contribution in [2.24, 2.45) is 5.92 Å². The number of hydrogen-bond acceptors (Lipinski definition) is 3. The summed E-state index contributed by atoms with van der Waals surface area (Å²) in [6.07, 6.45) is 3.18. The summed E-state index contributed by atoms with van der Waals surface area (Å²) in [6, 6.07) is 0. The van der Waals surface area contributed by atoms with E-state index in [0.29, 0.717) is 16.8 Å². The molecule has 4 atom stereocenters. The van der Waals surface area contributed by atoms with Crippen molar-refractivity contribution in [3.63, 3.8) is 0 Å². The minimum Gasteiger partial charge on any atom is -0.354 e. The Hall–Kier alpha value is -0.400. The Morgan fingerprint density at radius 1 is 1.55 bits per heavy atom. The van der Waals surface area contributed by atoms with Crippen LogP contribution in [0.15, 0.2) is 15.8 Å². The zero-order valence-corrected chi connectivity index (χ0v) is 14.6. The van der Waals surface area contributed by atoms with Gasteiger partial charge in [0.1, 0.15) is 6.23 Å². The Balaban J connectivity index is 2.38. The van der Waals surface area contributed by atoms with Gasteiger partial charge in [0.25, 0.3) is 5.56 Å². The molecule has 1 aliphatic heterocycles. The van der Waals surface area contributed by atoms with Gasteiger partial charge in [-0.3, -0.25) is 14.3 Å². The monoisotopic (exact) mass is 408 g/mol. The Morgan fingerprint density at radius 3 is 2.80 bits per heavy atom. The van der Waals surface area contributed by atoms with Gasteiger partial charge in [-0.05, 0) is 18.8 Å². The molecule has 0 aromatic carbocycles. The maximum absolute atomic E-state index is 12.0. The van der Waals surface area contributed by atoms with E-state index in [4.69, 9.17) is 4.74 Å². The van der Waals surface area contributed by atoms with Crippen molar-refractivity contribution in [2.75, 3.05) is 5.33 Å². The lowest BCUT2D eigenvalue weighted by molar-refractivity contribution is -0.00771. The number of H-pyrrole nitrogens is 1. The molecule has 0 aliphatic carbocycles. The summed E-state index contributed by atoms with van der Waals surface area (Å²) in [5.74, 6) is 0.406. The molecule has 1 N–H and O–H groups in total. The van der Waals surface area contributed by atoms with Crippen LogP contribution in [0, 0.1) is 5.92 Å². The quantitative estimate of drug-likeness (QED) is 0.777. The Labute approximate surface area is 134 Å². The first-order valence-corrected chi connectivity index (χ1v) is 8.72. The molecule has 112 valence electrons. The standard InChI is InChI=1S/C13H18Br2N2O3/c1-3-10-7(2)4-11(20-10)17-6-8(9(15)5-14)12(18)16-13(17)19/h6-7,9-11H,3-5H2,1-2H3,(H,16,18,19). The first-order valence-electron chi connectivity index (χ1n) is 6.68. The number of halogens is 2. The average molecular weight is 410 g/mol. The van der Waals surface area contributed by atoms with Crippen molar-refractivity contribution < 1.29 is 4.74 Å². The minimum atomic E-state index is -0.415. The van der Waals surface area contributed by atoms with Crippen LogP contribution >= 0.6 is 31.9 Å². The van der Waals surface area contributed by atoms with Crippen molar-refractivity contribution in [3.8, 4) is 0 Å². The molecular weight excluding hydrogens is 392 g/mol. The van der Waals surface area contributed by atoms with Crippen molar-refractivity contribution in [2.45, 2.75) is 43.8 Å². The second-order valence-electron chi connectivity index (χ2n) is 5.12. The van der Waals surface area contributed by atoms with Gasteiger partial charge in [-0.2, -0.15) is 0 Å². The predicted octanol–water partition coefficient (Wildman–Crippen LogP) is 2.70. The molecule has 0 radical (unpaired) electrons. The molecule has 1 fully saturated rings. The van der Waals surface area contributed by atoms with Gasteiger partial charge in [0.2, 0.25) is 0 Å². The normalized spacial score (nSPS) is 27.7. The fourth-order valence-electron chi connectivity index (χ4n) is 2.56. The number of aromatic amines is 1. The molecule has 5 nitrogen and oxygen atoms in total. The van der Waals surface area contributed by atoms with Gasteiger partial charge in [0.15, 0.2) is 0 Å². The van der Waals surface area contributed by atoms with Gasteiger partial charge in [-0.25, -0.2) is 4.79 Å². The Morgan fingerprint density at radius 2 is 2.25 bits per heavy atom. The third kappa shape index (κ3) is 3.09. The van der Waals surface area contributed by atoms with Crippen LogP contribution in [0.2, 0.25) is 0 Å². The van der Waals surface area contributed by atoms with E-state index in [-0.39, 0.29) is 22.7 Å². The summed E-state index contributed by atoms with van der Waals surface area (Å²) < 4.78 is 7.41. The highest BCUT2D eigenvalue weighted by molar-refractivity contribution is 9.12. The zero-order valence-electron chi connectivity index (χ0n) is 11.4. The summed E-state index contributed by atoms with van der Waals surface area (Å²) in [6.45, 7) is 4.20. The predicted molar refractivity (Wildman–Crippen MR) is 84.8 cm³/mol. The number of nitrogens with zero attached hydrogens (tertiary/aromatic N) is 1. The molecule has 1 saturated heterocycles. The molecule has 1 aromatic rings. The van der Waals surface area contributed by atoms with Gasteiger partial charge in [-0.15, -0.1) is 0 Å². The average Bonchev–Trinajstić information content (AvgIpc) is 2.79. The number of rotatable bonds is 4. The fraction of sp³-hybridized carbons (Fsp3) is 0.692. The molecule has 2 rings (SSSR count). The molecule has 0 spiro atoms. The number of aromatic nitrogens is 2. The fourth-order valence-corrected chi connectivity index (χ4v) is 3.23.